The van der Waals surface area contributed by atoms with Crippen LogP contribution in [0.3, 0.4) is 0 Å². The minimum Gasteiger partial charge on any atom is -0.490 e. The Morgan fingerprint density at radius 2 is 1.96 bits per heavy atom. The molecule has 0 amide bonds. The second-order valence-electron chi connectivity index (χ2n) is 6.29. The fourth-order valence-electron chi connectivity index (χ4n) is 2.60. The number of cyclic esters (lactones) is 1. The Morgan fingerprint density at radius 3 is 2.68 bits per heavy atom. The molecular formula is C22H22BrNO4. The van der Waals surface area contributed by atoms with E-state index in [0.29, 0.717) is 18.1 Å². The summed E-state index contributed by atoms with van der Waals surface area (Å²) in [5.41, 5.74) is 1.75. The van der Waals surface area contributed by atoms with Crippen LogP contribution < -0.4 is 9.47 Å². The monoisotopic (exact) mass is 443 g/mol. The van der Waals surface area contributed by atoms with Crippen molar-refractivity contribution in [3.05, 3.63) is 63.8 Å². The number of esters is 1. The molecule has 2 aromatic carbocycles. The van der Waals surface area contributed by atoms with E-state index in [0.717, 1.165) is 22.0 Å². The first kappa shape index (κ1) is 20.1. The minimum atomic E-state index is -0.483. The lowest BCUT2D eigenvalue weighted by Gasteiger charge is -2.16. The van der Waals surface area contributed by atoms with E-state index in [9.17, 15) is 4.79 Å². The Hall–Kier alpha value is -2.60. The van der Waals surface area contributed by atoms with Crippen LogP contribution >= 0.6 is 15.9 Å². The highest BCUT2D eigenvalue weighted by molar-refractivity contribution is 9.10. The van der Waals surface area contributed by atoms with E-state index in [2.05, 4.69) is 27.8 Å². The smallest absolute Gasteiger partial charge is 0.363 e. The normalized spacial score (nSPS) is 15.9. The number of aliphatic imine (C=N–C) groups is 1. The number of carbonyl (C=O) groups excluding carboxylic acids is 1. The average molecular weight is 444 g/mol. The van der Waals surface area contributed by atoms with Crippen molar-refractivity contribution >= 4 is 33.9 Å². The molecule has 1 aliphatic heterocycles. The molecule has 6 heteroatoms. The third-order valence-corrected chi connectivity index (χ3v) is 4.89. The first-order chi connectivity index (χ1) is 13.5. The van der Waals surface area contributed by atoms with E-state index in [1.54, 1.807) is 6.08 Å². The number of rotatable bonds is 7. The van der Waals surface area contributed by atoms with Crippen molar-refractivity contribution in [2.24, 2.45) is 4.99 Å². The molecule has 3 rings (SSSR count). The predicted molar refractivity (Wildman–Crippen MR) is 113 cm³/mol. The van der Waals surface area contributed by atoms with Gasteiger partial charge in [0.25, 0.3) is 0 Å². The van der Waals surface area contributed by atoms with Gasteiger partial charge in [0.05, 0.1) is 18.3 Å². The summed E-state index contributed by atoms with van der Waals surface area (Å²) in [7, 11) is 0. The summed E-state index contributed by atoms with van der Waals surface area (Å²) in [6.45, 7) is 6.51. The van der Waals surface area contributed by atoms with Gasteiger partial charge in [-0.25, -0.2) is 9.79 Å². The molecular weight excluding hydrogens is 422 g/mol. The van der Waals surface area contributed by atoms with E-state index in [1.165, 1.54) is 0 Å². The number of hydrogen-bond acceptors (Lipinski definition) is 5. The van der Waals surface area contributed by atoms with Gasteiger partial charge in [-0.3, -0.25) is 0 Å². The molecule has 146 valence electrons. The highest BCUT2D eigenvalue weighted by Crippen LogP contribution is 2.31. The zero-order valence-electron chi connectivity index (χ0n) is 16.1. The maximum atomic E-state index is 12.3. The van der Waals surface area contributed by atoms with Crippen LogP contribution in [0.25, 0.3) is 6.08 Å². The van der Waals surface area contributed by atoms with Crippen LogP contribution in [0.1, 0.15) is 38.3 Å². The Balaban J connectivity index is 1.91. The zero-order valence-corrected chi connectivity index (χ0v) is 17.7. The van der Waals surface area contributed by atoms with Crippen LogP contribution in [0.5, 0.6) is 11.5 Å². The molecule has 5 nitrogen and oxygen atoms in total. The van der Waals surface area contributed by atoms with E-state index in [-0.39, 0.29) is 17.7 Å². The van der Waals surface area contributed by atoms with Crippen LogP contribution in [0.4, 0.5) is 0 Å². The second-order valence-corrected chi connectivity index (χ2v) is 7.15. The van der Waals surface area contributed by atoms with Gasteiger partial charge in [0, 0.05) is 4.47 Å². The van der Waals surface area contributed by atoms with Crippen molar-refractivity contribution in [2.45, 2.75) is 33.3 Å². The van der Waals surface area contributed by atoms with Gasteiger partial charge < -0.3 is 14.2 Å². The molecule has 0 aromatic heterocycles. The fourth-order valence-corrected chi connectivity index (χ4v) is 3.05. The van der Waals surface area contributed by atoms with Gasteiger partial charge in [-0.2, -0.15) is 0 Å². The van der Waals surface area contributed by atoms with Gasteiger partial charge in [0.15, 0.2) is 17.2 Å². The molecule has 0 bridgehead atoms. The summed E-state index contributed by atoms with van der Waals surface area (Å²) < 4.78 is 17.8. The number of hydrogen-bond donors (Lipinski definition) is 0. The molecule has 1 heterocycles. The molecule has 0 radical (unpaired) electrons. The minimum absolute atomic E-state index is 0.0877. The maximum Gasteiger partial charge on any atom is 0.363 e. The Bertz CT molecular complexity index is 936. The van der Waals surface area contributed by atoms with Gasteiger partial charge in [0.2, 0.25) is 5.90 Å². The Morgan fingerprint density at radius 1 is 1.18 bits per heavy atom. The average Bonchev–Trinajstić information content (AvgIpc) is 3.04. The van der Waals surface area contributed by atoms with Crippen LogP contribution in [0, 0.1) is 0 Å². The quantitative estimate of drug-likeness (QED) is 0.426. The topological polar surface area (TPSA) is 57.1 Å². The highest BCUT2D eigenvalue weighted by atomic mass is 79.9. The molecule has 1 aliphatic rings. The maximum absolute atomic E-state index is 12.3. The van der Waals surface area contributed by atoms with Gasteiger partial charge in [-0.05, 0) is 72.1 Å². The van der Waals surface area contributed by atoms with E-state index in [1.807, 2.05) is 56.3 Å². The molecule has 28 heavy (non-hydrogen) atoms. The molecule has 0 fully saturated rings. The van der Waals surface area contributed by atoms with Crippen LogP contribution in [0.2, 0.25) is 0 Å². The zero-order chi connectivity index (χ0) is 20.1. The molecule has 1 atom stereocenters. The SMILES string of the molecule is CCOc1cc(/C=C2\N=C(c3ccccc3Br)OC2=O)ccc1OC(C)CC. The van der Waals surface area contributed by atoms with Crippen LogP contribution in [0.15, 0.2) is 57.6 Å². The van der Waals surface area contributed by atoms with Gasteiger partial charge in [-0.1, -0.05) is 25.1 Å². The number of benzene rings is 2. The molecule has 0 saturated heterocycles. The number of ether oxygens (including phenoxy) is 3. The number of carbonyl (C=O) groups is 1. The molecule has 0 N–H and O–H groups in total. The van der Waals surface area contributed by atoms with Gasteiger partial charge in [0.1, 0.15) is 0 Å². The molecule has 2 aromatic rings. The largest absolute Gasteiger partial charge is 0.490 e. The Labute approximate surface area is 173 Å². The van der Waals surface area contributed by atoms with Crippen molar-refractivity contribution < 1.29 is 19.0 Å². The third-order valence-electron chi connectivity index (χ3n) is 4.20. The second kappa shape index (κ2) is 9.06. The number of halogens is 1. The highest BCUT2D eigenvalue weighted by Gasteiger charge is 2.25. The lowest BCUT2D eigenvalue weighted by atomic mass is 10.1. The first-order valence-corrected chi connectivity index (χ1v) is 10.0. The first-order valence-electron chi connectivity index (χ1n) is 9.22. The van der Waals surface area contributed by atoms with Gasteiger partial charge in [-0.15, -0.1) is 0 Å². The van der Waals surface area contributed by atoms with E-state index in [4.69, 9.17) is 14.2 Å². The van der Waals surface area contributed by atoms with Crippen molar-refractivity contribution in [1.82, 2.24) is 0 Å². The van der Waals surface area contributed by atoms with Crippen molar-refractivity contribution in [3.8, 4) is 11.5 Å². The van der Waals surface area contributed by atoms with Crippen LogP contribution in [-0.4, -0.2) is 24.6 Å². The summed E-state index contributed by atoms with van der Waals surface area (Å²) in [6.07, 6.45) is 2.67. The van der Waals surface area contributed by atoms with Crippen molar-refractivity contribution in [1.29, 1.82) is 0 Å². The van der Waals surface area contributed by atoms with E-state index >= 15 is 0 Å². The van der Waals surface area contributed by atoms with Gasteiger partial charge >= 0.3 is 5.97 Å². The fraction of sp³-hybridized carbons (Fsp3) is 0.273. The molecule has 1 unspecified atom stereocenters. The lowest BCUT2D eigenvalue weighted by Crippen LogP contribution is -2.10. The third kappa shape index (κ3) is 4.62. The molecule has 0 spiro atoms. The summed E-state index contributed by atoms with van der Waals surface area (Å²) in [5.74, 6) is 1.12. The van der Waals surface area contributed by atoms with E-state index < -0.39 is 5.97 Å². The standard InChI is InChI=1S/C22H22BrNO4/c1-4-14(3)27-19-11-10-15(13-20(19)26-5-2)12-18-22(25)28-21(24-18)16-8-6-7-9-17(16)23/h6-14H,4-5H2,1-3H3/b18-12-. The molecule has 0 aliphatic carbocycles. The van der Waals surface area contributed by atoms with Crippen molar-refractivity contribution in [3.63, 3.8) is 0 Å². The summed E-state index contributed by atoms with van der Waals surface area (Å²) in [5, 5.41) is 0. The number of nitrogens with zero attached hydrogens (tertiary/aromatic N) is 1. The summed E-state index contributed by atoms with van der Waals surface area (Å²) in [4.78, 5) is 16.6. The Kier molecular flexibility index (Phi) is 6.52. The summed E-state index contributed by atoms with van der Waals surface area (Å²) >= 11 is 3.45. The molecule has 0 saturated carbocycles. The lowest BCUT2D eigenvalue weighted by molar-refractivity contribution is -0.129. The predicted octanol–water partition coefficient (Wildman–Crippen LogP) is 5.37. The van der Waals surface area contributed by atoms with Crippen LogP contribution in [-0.2, 0) is 9.53 Å². The summed E-state index contributed by atoms with van der Waals surface area (Å²) in [6, 6.07) is 13.0. The van der Waals surface area contributed by atoms with Crippen molar-refractivity contribution in [2.75, 3.05) is 6.61 Å².